The molecule has 0 spiro atoms. The second-order valence-electron chi connectivity index (χ2n) is 6.05. The molecule has 0 saturated carbocycles. The number of ether oxygens (including phenoxy) is 1. The minimum atomic E-state index is -0.382. The van der Waals surface area contributed by atoms with E-state index < -0.39 is 0 Å². The van der Waals surface area contributed by atoms with E-state index in [-0.39, 0.29) is 23.6 Å². The topological polar surface area (TPSA) is 53.6 Å². The molecule has 1 atom stereocenters. The van der Waals surface area contributed by atoms with Crippen LogP contribution in [0.4, 0.5) is 20.6 Å². The summed E-state index contributed by atoms with van der Waals surface area (Å²) >= 11 is 0. The number of anilines is 2. The number of amides is 2. The van der Waals surface area contributed by atoms with E-state index in [0.29, 0.717) is 13.1 Å². The third-order valence-corrected chi connectivity index (χ3v) is 4.30. The Morgan fingerprint density at radius 2 is 2.12 bits per heavy atom. The molecule has 2 aromatic rings. The predicted molar refractivity (Wildman–Crippen MR) is 96.8 cm³/mol. The third-order valence-electron chi connectivity index (χ3n) is 4.30. The largest absolute Gasteiger partial charge is 0.494 e. The molecule has 1 fully saturated rings. The molecule has 1 saturated heterocycles. The average Bonchev–Trinajstić information content (AvgIpc) is 2.62. The van der Waals surface area contributed by atoms with Gasteiger partial charge in [-0.05, 0) is 49.2 Å². The molecule has 132 valence electrons. The van der Waals surface area contributed by atoms with Crippen LogP contribution < -0.4 is 20.3 Å². The quantitative estimate of drug-likeness (QED) is 0.865. The zero-order valence-electron chi connectivity index (χ0n) is 14.4. The number of nitrogens with zero attached hydrogens (tertiary/aromatic N) is 1. The minimum Gasteiger partial charge on any atom is -0.494 e. The number of carbonyl (C=O) groups is 1. The van der Waals surface area contributed by atoms with E-state index in [1.54, 1.807) is 11.0 Å². The van der Waals surface area contributed by atoms with Crippen molar-refractivity contribution in [2.45, 2.75) is 19.4 Å². The Morgan fingerprint density at radius 3 is 2.84 bits per heavy atom. The normalized spacial score (nSPS) is 15.5. The standard InChI is InChI=1S/C19H22FN3O2/c1-13(14-7-8-18(25-2)17(20)11-14)22-15-5-3-6-16(12-15)23-10-4-9-21-19(23)24/h3,5-8,11-13,22H,4,9-10H2,1-2H3,(H,21,24)/t13-/m1/s1. The molecule has 0 unspecified atom stereocenters. The van der Waals surface area contributed by atoms with Gasteiger partial charge in [0.15, 0.2) is 11.6 Å². The Bertz CT molecular complexity index is 766. The Hall–Kier alpha value is -2.76. The van der Waals surface area contributed by atoms with Gasteiger partial charge < -0.3 is 15.4 Å². The highest BCUT2D eigenvalue weighted by Gasteiger charge is 2.19. The smallest absolute Gasteiger partial charge is 0.321 e. The number of carbonyl (C=O) groups excluding carboxylic acids is 1. The van der Waals surface area contributed by atoms with Gasteiger partial charge in [0.25, 0.3) is 0 Å². The molecule has 1 aliphatic heterocycles. The van der Waals surface area contributed by atoms with Gasteiger partial charge in [0.05, 0.1) is 7.11 Å². The van der Waals surface area contributed by atoms with Crippen LogP contribution in [-0.2, 0) is 0 Å². The van der Waals surface area contributed by atoms with Gasteiger partial charge in [-0.15, -0.1) is 0 Å². The first-order valence-corrected chi connectivity index (χ1v) is 8.34. The van der Waals surface area contributed by atoms with Gasteiger partial charge in [0.2, 0.25) is 0 Å². The summed E-state index contributed by atoms with van der Waals surface area (Å²) in [5.74, 6) is -0.151. The summed E-state index contributed by atoms with van der Waals surface area (Å²) in [5, 5.41) is 6.20. The van der Waals surface area contributed by atoms with Crippen LogP contribution >= 0.6 is 0 Å². The summed E-state index contributed by atoms with van der Waals surface area (Å²) in [6, 6.07) is 12.4. The lowest BCUT2D eigenvalue weighted by Gasteiger charge is -2.28. The van der Waals surface area contributed by atoms with Crippen LogP contribution in [0.15, 0.2) is 42.5 Å². The van der Waals surface area contributed by atoms with Crippen molar-refractivity contribution in [3.63, 3.8) is 0 Å². The first kappa shape index (κ1) is 17.1. The zero-order chi connectivity index (χ0) is 17.8. The average molecular weight is 343 g/mol. The van der Waals surface area contributed by atoms with Gasteiger partial charge in [-0.1, -0.05) is 12.1 Å². The summed E-state index contributed by atoms with van der Waals surface area (Å²) < 4.78 is 18.8. The van der Waals surface area contributed by atoms with E-state index in [9.17, 15) is 9.18 Å². The van der Waals surface area contributed by atoms with Gasteiger partial charge in [-0.2, -0.15) is 0 Å². The van der Waals surface area contributed by atoms with Gasteiger partial charge in [0, 0.05) is 30.5 Å². The maximum atomic E-state index is 13.9. The van der Waals surface area contributed by atoms with Crippen molar-refractivity contribution < 1.29 is 13.9 Å². The van der Waals surface area contributed by atoms with Crippen molar-refractivity contribution in [2.75, 3.05) is 30.4 Å². The van der Waals surface area contributed by atoms with E-state index in [1.165, 1.54) is 13.2 Å². The van der Waals surface area contributed by atoms with Crippen LogP contribution in [0.5, 0.6) is 5.75 Å². The van der Waals surface area contributed by atoms with Crippen molar-refractivity contribution in [3.8, 4) is 5.75 Å². The van der Waals surface area contributed by atoms with Crippen LogP contribution in [0.2, 0.25) is 0 Å². The fourth-order valence-corrected chi connectivity index (χ4v) is 2.92. The Balaban J connectivity index is 1.75. The number of nitrogens with one attached hydrogen (secondary N) is 2. The molecule has 3 rings (SSSR count). The van der Waals surface area contributed by atoms with Gasteiger partial charge >= 0.3 is 6.03 Å². The summed E-state index contributed by atoms with van der Waals surface area (Å²) in [7, 11) is 1.45. The van der Waals surface area contributed by atoms with Crippen molar-refractivity contribution in [1.82, 2.24) is 5.32 Å². The molecule has 0 radical (unpaired) electrons. The monoisotopic (exact) mass is 343 g/mol. The van der Waals surface area contributed by atoms with Crippen molar-refractivity contribution >= 4 is 17.4 Å². The lowest BCUT2D eigenvalue weighted by atomic mass is 10.1. The Labute approximate surface area is 146 Å². The number of hydrogen-bond donors (Lipinski definition) is 2. The molecule has 2 N–H and O–H groups in total. The summed E-state index contributed by atoms with van der Waals surface area (Å²) in [5.41, 5.74) is 2.54. The van der Waals surface area contributed by atoms with Crippen LogP contribution in [-0.4, -0.2) is 26.2 Å². The number of urea groups is 1. The molecule has 1 heterocycles. The Morgan fingerprint density at radius 1 is 1.28 bits per heavy atom. The summed E-state index contributed by atoms with van der Waals surface area (Å²) in [6.07, 6.45) is 0.922. The lowest BCUT2D eigenvalue weighted by molar-refractivity contribution is 0.243. The lowest BCUT2D eigenvalue weighted by Crippen LogP contribution is -2.46. The van der Waals surface area contributed by atoms with Crippen LogP contribution in [0.25, 0.3) is 0 Å². The van der Waals surface area contributed by atoms with Gasteiger partial charge in [0.1, 0.15) is 0 Å². The van der Waals surface area contributed by atoms with Gasteiger partial charge in [-0.25, -0.2) is 9.18 Å². The number of methoxy groups -OCH3 is 1. The molecule has 6 heteroatoms. The molecular formula is C19H22FN3O2. The van der Waals surface area contributed by atoms with E-state index in [0.717, 1.165) is 23.4 Å². The predicted octanol–water partition coefficient (Wildman–Crippen LogP) is 3.93. The minimum absolute atomic E-state index is 0.0753. The number of halogens is 1. The second kappa shape index (κ2) is 7.42. The number of hydrogen-bond acceptors (Lipinski definition) is 3. The first-order chi connectivity index (χ1) is 12.1. The molecule has 2 aromatic carbocycles. The zero-order valence-corrected chi connectivity index (χ0v) is 14.4. The van der Waals surface area contributed by atoms with E-state index in [2.05, 4.69) is 10.6 Å². The molecule has 0 aromatic heterocycles. The van der Waals surface area contributed by atoms with E-state index in [4.69, 9.17) is 4.74 Å². The maximum absolute atomic E-state index is 13.9. The van der Waals surface area contributed by atoms with Crippen molar-refractivity contribution in [2.24, 2.45) is 0 Å². The molecule has 2 amide bonds. The molecule has 5 nitrogen and oxygen atoms in total. The molecule has 0 bridgehead atoms. The van der Waals surface area contributed by atoms with Gasteiger partial charge in [-0.3, -0.25) is 4.90 Å². The SMILES string of the molecule is COc1ccc([C@@H](C)Nc2cccc(N3CCCNC3=O)c2)cc1F. The summed E-state index contributed by atoms with van der Waals surface area (Å²) in [4.78, 5) is 13.7. The van der Waals surface area contributed by atoms with E-state index >= 15 is 0 Å². The highest BCUT2D eigenvalue weighted by atomic mass is 19.1. The first-order valence-electron chi connectivity index (χ1n) is 8.34. The third kappa shape index (κ3) is 3.84. The van der Waals surface area contributed by atoms with Crippen LogP contribution in [0.3, 0.4) is 0 Å². The fourth-order valence-electron chi connectivity index (χ4n) is 2.92. The van der Waals surface area contributed by atoms with E-state index in [1.807, 2.05) is 37.3 Å². The van der Waals surface area contributed by atoms with Crippen LogP contribution in [0.1, 0.15) is 24.9 Å². The molecular weight excluding hydrogens is 321 g/mol. The summed E-state index contributed by atoms with van der Waals surface area (Å²) in [6.45, 7) is 3.38. The molecule has 1 aliphatic rings. The second-order valence-corrected chi connectivity index (χ2v) is 6.05. The molecule has 0 aliphatic carbocycles. The Kier molecular flexibility index (Phi) is 5.07. The highest BCUT2D eigenvalue weighted by molar-refractivity contribution is 5.93. The fraction of sp³-hybridized carbons (Fsp3) is 0.316. The van der Waals surface area contributed by atoms with Crippen molar-refractivity contribution in [3.05, 3.63) is 53.8 Å². The van der Waals surface area contributed by atoms with Crippen LogP contribution in [0, 0.1) is 5.82 Å². The van der Waals surface area contributed by atoms with Crippen molar-refractivity contribution in [1.29, 1.82) is 0 Å². The highest BCUT2D eigenvalue weighted by Crippen LogP contribution is 2.27. The number of rotatable bonds is 5. The number of benzene rings is 2. The maximum Gasteiger partial charge on any atom is 0.321 e. The molecule has 25 heavy (non-hydrogen) atoms.